The molecule has 0 unspecified atom stereocenters. The molecule has 0 spiro atoms. The second kappa shape index (κ2) is 11.4. The molecule has 2 aliphatic heterocycles. The third-order valence-corrected chi connectivity index (χ3v) is 5.52. The third-order valence-electron chi connectivity index (χ3n) is 5.52. The number of piperazine rings is 1. The van der Waals surface area contributed by atoms with Crippen molar-refractivity contribution >= 4 is 5.97 Å². The molecule has 0 saturated carbocycles. The van der Waals surface area contributed by atoms with E-state index in [4.69, 9.17) is 19.6 Å². The Morgan fingerprint density at radius 1 is 1.18 bits per heavy atom. The van der Waals surface area contributed by atoms with Gasteiger partial charge < -0.3 is 20.1 Å². The van der Waals surface area contributed by atoms with E-state index in [0.29, 0.717) is 11.7 Å². The Morgan fingerprint density at radius 2 is 1.82 bits per heavy atom. The lowest BCUT2D eigenvalue weighted by Gasteiger charge is -2.28. The number of benzene rings is 1. The molecule has 3 heterocycles. The number of nitrogens with one attached hydrogen (secondary N) is 2. The smallest absolute Gasteiger partial charge is 0.475 e. The summed E-state index contributed by atoms with van der Waals surface area (Å²) < 4.78 is 37.2. The molecule has 2 aromatic rings. The first kappa shape index (κ1) is 24.9. The van der Waals surface area contributed by atoms with Crippen LogP contribution in [0.2, 0.25) is 0 Å². The van der Waals surface area contributed by atoms with E-state index >= 15 is 0 Å². The van der Waals surface area contributed by atoms with Gasteiger partial charge in [0.1, 0.15) is 5.82 Å². The highest BCUT2D eigenvalue weighted by atomic mass is 19.4. The Bertz CT molecular complexity index is 984. The first-order valence-corrected chi connectivity index (χ1v) is 10.7. The molecule has 8 nitrogen and oxygen atoms in total. The van der Waals surface area contributed by atoms with Crippen molar-refractivity contribution in [2.45, 2.75) is 31.5 Å². The number of carbonyl (C=O) groups is 1. The Hall–Kier alpha value is -2.76. The van der Waals surface area contributed by atoms with E-state index < -0.39 is 12.1 Å². The van der Waals surface area contributed by atoms with Crippen LogP contribution in [0.1, 0.15) is 30.0 Å². The number of H-pyrrole nitrogens is 1. The third kappa shape index (κ3) is 7.37. The number of rotatable bonds is 4. The van der Waals surface area contributed by atoms with Gasteiger partial charge in [0, 0.05) is 63.5 Å². The number of ether oxygens (including phenoxy) is 1. The molecule has 0 bridgehead atoms. The van der Waals surface area contributed by atoms with Gasteiger partial charge in [0.05, 0.1) is 5.69 Å². The van der Waals surface area contributed by atoms with Crippen LogP contribution in [0.25, 0.3) is 11.4 Å². The van der Waals surface area contributed by atoms with Crippen LogP contribution in [-0.2, 0) is 16.1 Å². The maximum Gasteiger partial charge on any atom is 0.490 e. The standard InChI is InChI=1S/C20H26N4O2.C2HF3O2/c25-19-13-18(15-5-11-26-12-6-15)22-20(23-19)17-4-2-1-3-16(17)14-24-9-7-21-8-10-24;3-2(4,5)1(6)7/h1-4,13,15,21H,5-12,14H2,(H,22,23,25);(H,6,7). The number of halogens is 3. The Morgan fingerprint density at radius 3 is 2.45 bits per heavy atom. The molecule has 0 amide bonds. The summed E-state index contributed by atoms with van der Waals surface area (Å²) >= 11 is 0. The van der Waals surface area contributed by atoms with E-state index in [2.05, 4.69) is 33.4 Å². The number of nitrogens with zero attached hydrogens (tertiary/aromatic N) is 2. The van der Waals surface area contributed by atoms with Crippen LogP contribution in [0.3, 0.4) is 0 Å². The summed E-state index contributed by atoms with van der Waals surface area (Å²) in [5.74, 6) is -1.76. The molecule has 2 saturated heterocycles. The number of hydrogen-bond donors (Lipinski definition) is 3. The SMILES string of the molecule is O=C(O)C(F)(F)F.O=c1cc(C2CCOCC2)nc(-c2ccccc2CN2CCNCC2)[nH]1. The van der Waals surface area contributed by atoms with E-state index in [9.17, 15) is 18.0 Å². The van der Waals surface area contributed by atoms with Crippen molar-refractivity contribution in [3.63, 3.8) is 0 Å². The molecule has 1 aromatic heterocycles. The van der Waals surface area contributed by atoms with Gasteiger partial charge in [0.25, 0.3) is 5.56 Å². The van der Waals surface area contributed by atoms with Crippen molar-refractivity contribution in [2.75, 3.05) is 39.4 Å². The van der Waals surface area contributed by atoms with Gasteiger partial charge in [0.15, 0.2) is 0 Å². The van der Waals surface area contributed by atoms with Gasteiger partial charge in [-0.15, -0.1) is 0 Å². The summed E-state index contributed by atoms with van der Waals surface area (Å²) in [6.07, 6.45) is -3.23. The zero-order valence-corrected chi connectivity index (χ0v) is 18.0. The summed E-state index contributed by atoms with van der Waals surface area (Å²) in [4.78, 5) is 31.4. The minimum absolute atomic E-state index is 0.0755. The quantitative estimate of drug-likeness (QED) is 0.632. The normalized spacial score (nSPS) is 17.8. The van der Waals surface area contributed by atoms with Crippen LogP contribution >= 0.6 is 0 Å². The number of hydrogen-bond acceptors (Lipinski definition) is 6. The van der Waals surface area contributed by atoms with E-state index in [0.717, 1.165) is 70.0 Å². The fourth-order valence-corrected chi connectivity index (χ4v) is 3.81. The monoisotopic (exact) mass is 468 g/mol. The van der Waals surface area contributed by atoms with E-state index in [-0.39, 0.29) is 5.56 Å². The number of alkyl halides is 3. The summed E-state index contributed by atoms with van der Waals surface area (Å²) in [5, 5.41) is 10.5. The lowest BCUT2D eigenvalue weighted by molar-refractivity contribution is -0.192. The van der Waals surface area contributed by atoms with Crippen molar-refractivity contribution in [1.82, 2.24) is 20.2 Å². The summed E-state index contributed by atoms with van der Waals surface area (Å²) in [5.41, 5.74) is 3.05. The summed E-state index contributed by atoms with van der Waals surface area (Å²) in [6.45, 7) is 6.50. The zero-order valence-electron chi connectivity index (χ0n) is 18.0. The minimum Gasteiger partial charge on any atom is -0.475 e. The van der Waals surface area contributed by atoms with Gasteiger partial charge in [-0.05, 0) is 18.4 Å². The molecule has 180 valence electrons. The van der Waals surface area contributed by atoms with Crippen LogP contribution in [0, 0.1) is 0 Å². The fourth-order valence-electron chi connectivity index (χ4n) is 3.81. The molecule has 2 aliphatic rings. The highest BCUT2D eigenvalue weighted by Crippen LogP contribution is 2.27. The van der Waals surface area contributed by atoms with Crippen molar-refractivity contribution < 1.29 is 27.8 Å². The van der Waals surface area contributed by atoms with Crippen molar-refractivity contribution in [3.05, 3.63) is 51.9 Å². The van der Waals surface area contributed by atoms with Crippen molar-refractivity contribution in [2.24, 2.45) is 0 Å². The molecule has 0 atom stereocenters. The molecule has 4 rings (SSSR count). The van der Waals surface area contributed by atoms with Crippen molar-refractivity contribution in [1.29, 1.82) is 0 Å². The predicted molar refractivity (Wildman–Crippen MR) is 115 cm³/mol. The molecule has 2 fully saturated rings. The molecule has 3 N–H and O–H groups in total. The number of carboxylic acids is 1. The lowest BCUT2D eigenvalue weighted by atomic mass is 9.96. The average Bonchev–Trinajstić information content (AvgIpc) is 2.80. The van der Waals surface area contributed by atoms with E-state index in [1.807, 2.05) is 6.07 Å². The lowest BCUT2D eigenvalue weighted by Crippen LogP contribution is -2.42. The maximum atomic E-state index is 12.3. The highest BCUT2D eigenvalue weighted by molar-refractivity contribution is 5.73. The van der Waals surface area contributed by atoms with E-state index in [1.54, 1.807) is 6.07 Å². The van der Waals surface area contributed by atoms with Gasteiger partial charge in [-0.3, -0.25) is 9.69 Å². The molecule has 11 heteroatoms. The minimum atomic E-state index is -5.08. The van der Waals surface area contributed by atoms with Gasteiger partial charge in [0.2, 0.25) is 0 Å². The van der Waals surface area contributed by atoms with E-state index in [1.165, 1.54) is 5.56 Å². The topological polar surface area (TPSA) is 108 Å². The van der Waals surface area contributed by atoms with Crippen LogP contribution in [-0.4, -0.2) is 71.5 Å². The predicted octanol–water partition coefficient (Wildman–Crippen LogP) is 2.37. The number of carboxylic acid groups (broad SMARTS) is 1. The largest absolute Gasteiger partial charge is 0.490 e. The molecule has 33 heavy (non-hydrogen) atoms. The highest BCUT2D eigenvalue weighted by Gasteiger charge is 2.38. The van der Waals surface area contributed by atoms with Gasteiger partial charge in [-0.25, -0.2) is 9.78 Å². The van der Waals surface area contributed by atoms with Gasteiger partial charge >= 0.3 is 12.1 Å². The van der Waals surface area contributed by atoms with Crippen LogP contribution in [0.5, 0.6) is 0 Å². The fraction of sp³-hybridized carbons (Fsp3) is 0.500. The second-order valence-corrected chi connectivity index (χ2v) is 7.89. The first-order valence-electron chi connectivity index (χ1n) is 10.7. The first-order chi connectivity index (χ1) is 15.7. The Kier molecular flexibility index (Phi) is 8.59. The number of aromatic nitrogens is 2. The summed E-state index contributed by atoms with van der Waals surface area (Å²) in [6, 6.07) is 9.92. The zero-order chi connectivity index (χ0) is 23.8. The molecular weight excluding hydrogens is 441 g/mol. The second-order valence-electron chi connectivity index (χ2n) is 7.89. The summed E-state index contributed by atoms with van der Waals surface area (Å²) in [7, 11) is 0. The number of aromatic amines is 1. The molecular formula is C22H27F3N4O4. The number of aliphatic carboxylic acids is 1. The Labute approximate surface area is 188 Å². The Balaban J connectivity index is 0.000000383. The van der Waals surface area contributed by atoms with Crippen LogP contribution < -0.4 is 10.9 Å². The molecule has 0 radical (unpaired) electrons. The molecule has 0 aliphatic carbocycles. The van der Waals surface area contributed by atoms with Gasteiger partial charge in [-0.2, -0.15) is 13.2 Å². The van der Waals surface area contributed by atoms with Gasteiger partial charge in [-0.1, -0.05) is 24.3 Å². The average molecular weight is 468 g/mol. The van der Waals surface area contributed by atoms with Crippen LogP contribution in [0.4, 0.5) is 13.2 Å². The molecule has 1 aromatic carbocycles. The van der Waals surface area contributed by atoms with Crippen LogP contribution in [0.15, 0.2) is 35.1 Å². The maximum absolute atomic E-state index is 12.3. The van der Waals surface area contributed by atoms with Crippen molar-refractivity contribution in [3.8, 4) is 11.4 Å².